The lowest BCUT2D eigenvalue weighted by atomic mass is 10.1. The minimum absolute atomic E-state index is 0.0365. The van der Waals surface area contributed by atoms with Gasteiger partial charge in [-0.25, -0.2) is 27.1 Å². The van der Waals surface area contributed by atoms with Gasteiger partial charge < -0.3 is 15.2 Å². The zero-order valence-electron chi connectivity index (χ0n) is 18.2. The predicted molar refractivity (Wildman–Crippen MR) is 123 cm³/mol. The van der Waals surface area contributed by atoms with Crippen molar-refractivity contribution in [2.75, 3.05) is 6.54 Å². The Morgan fingerprint density at radius 3 is 2.18 bits per heavy atom. The number of amides is 2. The number of carboxylic acid groups (broad SMARTS) is 1. The van der Waals surface area contributed by atoms with Crippen LogP contribution in [0.3, 0.4) is 0 Å². The number of halogens is 1. The number of hydrogen-bond acceptors (Lipinski definition) is 5. The molecule has 1 unspecified atom stereocenters. The first-order valence-corrected chi connectivity index (χ1v) is 11.7. The number of hydrogen-bond donors (Lipinski definition) is 3. The monoisotopic (exact) mass is 486 g/mol. The van der Waals surface area contributed by atoms with Gasteiger partial charge in [-0.1, -0.05) is 29.8 Å². The van der Waals surface area contributed by atoms with Gasteiger partial charge in [0.2, 0.25) is 0 Å². The molecule has 0 saturated carbocycles. The second-order valence-electron chi connectivity index (χ2n) is 7.45. The molecule has 2 amide bonds. The number of carbonyl (C=O) groups is 2. The predicted octanol–water partition coefficient (Wildman–Crippen LogP) is 4.03. The summed E-state index contributed by atoms with van der Waals surface area (Å²) in [7, 11) is -4.03. The van der Waals surface area contributed by atoms with Crippen LogP contribution in [0, 0.1) is 12.7 Å². The highest BCUT2D eigenvalue weighted by Crippen LogP contribution is 2.25. The third-order valence-electron chi connectivity index (χ3n) is 4.87. The molecule has 178 valence electrons. The normalized spacial score (nSPS) is 11.9. The summed E-state index contributed by atoms with van der Waals surface area (Å²) in [4.78, 5) is 23.2. The third kappa shape index (κ3) is 6.79. The Hall–Kier alpha value is -3.92. The van der Waals surface area contributed by atoms with Crippen LogP contribution in [0.15, 0.2) is 77.7 Å². The van der Waals surface area contributed by atoms with Crippen molar-refractivity contribution in [3.63, 3.8) is 0 Å². The summed E-state index contributed by atoms with van der Waals surface area (Å²) in [5, 5.41) is 11.5. The molecule has 8 nitrogen and oxygen atoms in total. The molecular weight excluding hydrogens is 463 g/mol. The van der Waals surface area contributed by atoms with E-state index >= 15 is 0 Å². The van der Waals surface area contributed by atoms with Crippen molar-refractivity contribution >= 4 is 22.0 Å². The number of benzene rings is 3. The fourth-order valence-electron chi connectivity index (χ4n) is 3.06. The maximum absolute atomic E-state index is 13.4. The molecule has 3 rings (SSSR count). The summed E-state index contributed by atoms with van der Waals surface area (Å²) in [6.07, 6.45) is -0.394. The summed E-state index contributed by atoms with van der Waals surface area (Å²) in [6.45, 7) is 1.86. The van der Waals surface area contributed by atoms with E-state index in [1.54, 1.807) is 12.1 Å². The molecule has 3 N–H and O–H groups in total. The van der Waals surface area contributed by atoms with Crippen molar-refractivity contribution in [3.05, 3.63) is 95.3 Å². The van der Waals surface area contributed by atoms with Gasteiger partial charge in [0.25, 0.3) is 10.0 Å². The van der Waals surface area contributed by atoms with Gasteiger partial charge >= 0.3 is 12.0 Å². The average Bonchev–Trinajstić information content (AvgIpc) is 2.79. The largest absolute Gasteiger partial charge is 0.486 e. The van der Waals surface area contributed by atoms with E-state index in [0.29, 0.717) is 11.3 Å². The van der Waals surface area contributed by atoms with Crippen LogP contribution >= 0.6 is 0 Å². The molecular formula is C24H23FN2O6S. The Morgan fingerprint density at radius 2 is 1.59 bits per heavy atom. The highest BCUT2D eigenvalue weighted by atomic mass is 32.2. The molecule has 0 aliphatic rings. The standard InChI is InChI=1S/C24H23FN2O6S/c1-16-2-12-21(13-3-16)34(31,32)27-24(30)26-15-14-22(17-4-8-19(25)9-5-17)33-20-10-6-18(7-11-20)23(28)29/h2-13,22H,14-15H2,1H3,(H,28,29)(H2,26,27,30). The van der Waals surface area contributed by atoms with Gasteiger partial charge in [-0.15, -0.1) is 0 Å². The van der Waals surface area contributed by atoms with Gasteiger partial charge in [0, 0.05) is 13.0 Å². The minimum Gasteiger partial charge on any atom is -0.486 e. The van der Waals surface area contributed by atoms with E-state index in [4.69, 9.17) is 9.84 Å². The number of ether oxygens (including phenoxy) is 1. The molecule has 0 aliphatic heterocycles. The van der Waals surface area contributed by atoms with E-state index in [0.717, 1.165) is 5.56 Å². The van der Waals surface area contributed by atoms with Crippen LogP contribution < -0.4 is 14.8 Å². The fourth-order valence-corrected chi connectivity index (χ4v) is 3.99. The molecule has 3 aromatic carbocycles. The Balaban J connectivity index is 1.64. The lowest BCUT2D eigenvalue weighted by molar-refractivity contribution is 0.0696. The van der Waals surface area contributed by atoms with E-state index < -0.39 is 33.9 Å². The number of carbonyl (C=O) groups excluding carboxylic acids is 1. The summed E-state index contributed by atoms with van der Waals surface area (Å²) in [5.41, 5.74) is 1.60. The molecule has 0 heterocycles. The van der Waals surface area contributed by atoms with E-state index in [9.17, 15) is 22.4 Å². The first kappa shape index (κ1) is 24.7. The highest BCUT2D eigenvalue weighted by molar-refractivity contribution is 7.90. The topological polar surface area (TPSA) is 122 Å². The Kier molecular flexibility index (Phi) is 7.85. The van der Waals surface area contributed by atoms with Crippen molar-refractivity contribution in [2.24, 2.45) is 0 Å². The molecule has 3 aromatic rings. The summed E-state index contributed by atoms with van der Waals surface area (Å²) < 4.78 is 45.9. The second-order valence-corrected chi connectivity index (χ2v) is 9.13. The van der Waals surface area contributed by atoms with Gasteiger partial charge in [-0.3, -0.25) is 0 Å². The fraction of sp³-hybridized carbons (Fsp3) is 0.167. The van der Waals surface area contributed by atoms with Gasteiger partial charge in [0.1, 0.15) is 17.7 Å². The first-order valence-electron chi connectivity index (χ1n) is 10.3. The van der Waals surface area contributed by atoms with Gasteiger partial charge in [-0.05, 0) is 61.0 Å². The number of rotatable bonds is 9. The number of aryl methyl sites for hydroxylation is 1. The van der Waals surface area contributed by atoms with Crippen LogP contribution in [-0.4, -0.2) is 32.1 Å². The van der Waals surface area contributed by atoms with Crippen LogP contribution in [0.4, 0.5) is 9.18 Å². The Bertz CT molecular complexity index is 1240. The maximum atomic E-state index is 13.4. The van der Waals surface area contributed by atoms with E-state index in [-0.39, 0.29) is 23.4 Å². The van der Waals surface area contributed by atoms with Crippen LogP contribution in [0.25, 0.3) is 0 Å². The SMILES string of the molecule is Cc1ccc(S(=O)(=O)NC(=O)NCCC(Oc2ccc(C(=O)O)cc2)c2ccc(F)cc2)cc1. The highest BCUT2D eigenvalue weighted by Gasteiger charge is 2.19. The first-order chi connectivity index (χ1) is 16.1. The summed E-state index contributed by atoms with van der Waals surface area (Å²) >= 11 is 0. The van der Waals surface area contributed by atoms with Crippen LogP contribution in [0.2, 0.25) is 0 Å². The molecule has 0 saturated heterocycles. The molecule has 0 aromatic heterocycles. The third-order valence-corrected chi connectivity index (χ3v) is 6.22. The molecule has 0 fully saturated rings. The quantitative estimate of drug-likeness (QED) is 0.420. The van der Waals surface area contributed by atoms with Crippen LogP contribution in [0.1, 0.15) is 34.0 Å². The molecule has 10 heteroatoms. The number of aromatic carboxylic acids is 1. The van der Waals surface area contributed by atoms with Gasteiger partial charge in [-0.2, -0.15) is 0 Å². The lowest BCUT2D eigenvalue weighted by Crippen LogP contribution is -2.40. The number of nitrogens with one attached hydrogen (secondary N) is 2. The Labute approximate surface area is 196 Å². The molecule has 34 heavy (non-hydrogen) atoms. The maximum Gasteiger partial charge on any atom is 0.335 e. The van der Waals surface area contributed by atoms with Crippen molar-refractivity contribution in [1.82, 2.24) is 10.0 Å². The minimum atomic E-state index is -4.03. The molecule has 0 bridgehead atoms. The van der Waals surface area contributed by atoms with Crippen molar-refractivity contribution < 1.29 is 32.2 Å². The van der Waals surface area contributed by atoms with Crippen molar-refractivity contribution in [2.45, 2.75) is 24.3 Å². The number of sulfonamides is 1. The van der Waals surface area contributed by atoms with Crippen molar-refractivity contribution in [3.8, 4) is 5.75 Å². The summed E-state index contributed by atoms with van der Waals surface area (Å²) in [5.74, 6) is -1.12. The molecule has 1 atom stereocenters. The Morgan fingerprint density at radius 1 is 0.971 bits per heavy atom. The van der Waals surface area contributed by atoms with Crippen LogP contribution in [0.5, 0.6) is 5.75 Å². The summed E-state index contributed by atoms with van der Waals surface area (Å²) in [6, 6.07) is 16.5. The van der Waals surface area contributed by atoms with E-state index in [1.807, 2.05) is 11.6 Å². The van der Waals surface area contributed by atoms with E-state index in [2.05, 4.69) is 5.32 Å². The second kappa shape index (κ2) is 10.8. The lowest BCUT2D eigenvalue weighted by Gasteiger charge is -2.20. The molecule has 0 spiro atoms. The molecule has 0 radical (unpaired) electrons. The number of carboxylic acids is 1. The zero-order chi connectivity index (χ0) is 24.7. The smallest absolute Gasteiger partial charge is 0.335 e. The number of urea groups is 1. The van der Waals surface area contributed by atoms with Gasteiger partial charge in [0.05, 0.1) is 10.5 Å². The van der Waals surface area contributed by atoms with E-state index in [1.165, 1.54) is 60.7 Å². The van der Waals surface area contributed by atoms with Crippen molar-refractivity contribution in [1.29, 1.82) is 0 Å². The zero-order valence-corrected chi connectivity index (χ0v) is 19.0. The molecule has 0 aliphatic carbocycles. The van der Waals surface area contributed by atoms with Gasteiger partial charge in [0.15, 0.2) is 0 Å². The van der Waals surface area contributed by atoms with Crippen LogP contribution in [-0.2, 0) is 10.0 Å². The average molecular weight is 487 g/mol.